The molecule has 23 heavy (non-hydrogen) atoms. The second-order valence-electron chi connectivity index (χ2n) is 5.40. The smallest absolute Gasteiger partial charge is 0.323 e. The molecule has 0 aromatic carbocycles. The molecule has 0 radical (unpaired) electrons. The predicted octanol–water partition coefficient (Wildman–Crippen LogP) is 2.97. The summed E-state index contributed by atoms with van der Waals surface area (Å²) in [5, 5.41) is 11.5. The lowest BCUT2D eigenvalue weighted by atomic mass is 10.2. The molecule has 0 aliphatic carbocycles. The fourth-order valence-corrected chi connectivity index (χ4v) is 2.94. The first kappa shape index (κ1) is 17.2. The van der Waals surface area contributed by atoms with E-state index < -0.39 is 5.97 Å². The summed E-state index contributed by atoms with van der Waals surface area (Å²) < 4.78 is 5.52. The summed E-state index contributed by atoms with van der Waals surface area (Å²) in [6, 6.07) is 3.58. The monoisotopic (exact) mass is 336 g/mol. The van der Waals surface area contributed by atoms with Gasteiger partial charge in [0.2, 0.25) is 5.91 Å². The van der Waals surface area contributed by atoms with Crippen molar-refractivity contribution in [2.75, 3.05) is 6.54 Å². The normalized spacial score (nSPS) is 12.1. The minimum absolute atomic E-state index is 0.0911. The number of aryl methyl sites for hydroxylation is 1. The molecule has 2 heterocycles. The van der Waals surface area contributed by atoms with Crippen LogP contribution >= 0.6 is 11.3 Å². The van der Waals surface area contributed by atoms with Crippen LogP contribution in [0.4, 0.5) is 0 Å². The van der Waals surface area contributed by atoms with E-state index in [1.807, 2.05) is 32.9 Å². The molecule has 1 atom stereocenters. The van der Waals surface area contributed by atoms with Crippen LogP contribution in [-0.2, 0) is 16.0 Å². The molecule has 0 saturated carbocycles. The Labute approximate surface area is 138 Å². The Balaban J connectivity index is 2.09. The SMILES string of the molecule is CCC(C)N(CC(=O)O)C(=O)Cc1csc(-c2ccc(C)o2)n1. The highest BCUT2D eigenvalue weighted by molar-refractivity contribution is 7.13. The van der Waals surface area contributed by atoms with E-state index in [9.17, 15) is 9.59 Å². The van der Waals surface area contributed by atoms with Crippen molar-refractivity contribution in [3.63, 3.8) is 0 Å². The number of hydrogen-bond donors (Lipinski definition) is 1. The lowest BCUT2D eigenvalue weighted by Gasteiger charge is -2.26. The van der Waals surface area contributed by atoms with Gasteiger partial charge >= 0.3 is 5.97 Å². The van der Waals surface area contributed by atoms with Crippen molar-refractivity contribution in [1.29, 1.82) is 0 Å². The van der Waals surface area contributed by atoms with Gasteiger partial charge in [-0.05, 0) is 32.4 Å². The summed E-state index contributed by atoms with van der Waals surface area (Å²) >= 11 is 1.41. The van der Waals surface area contributed by atoms with E-state index >= 15 is 0 Å². The molecule has 124 valence electrons. The number of thiazole rings is 1. The first-order chi connectivity index (χ1) is 10.9. The summed E-state index contributed by atoms with van der Waals surface area (Å²) in [6.07, 6.45) is 0.792. The van der Waals surface area contributed by atoms with Gasteiger partial charge in [0.25, 0.3) is 0 Å². The van der Waals surface area contributed by atoms with Crippen LogP contribution in [0, 0.1) is 6.92 Å². The number of aromatic nitrogens is 1. The maximum atomic E-state index is 12.4. The van der Waals surface area contributed by atoms with Crippen LogP contribution in [-0.4, -0.2) is 39.5 Å². The van der Waals surface area contributed by atoms with Crippen LogP contribution in [0.15, 0.2) is 21.9 Å². The van der Waals surface area contributed by atoms with Gasteiger partial charge in [-0.2, -0.15) is 0 Å². The third kappa shape index (κ3) is 4.41. The molecular formula is C16H20N2O4S. The van der Waals surface area contributed by atoms with Crippen molar-refractivity contribution in [2.24, 2.45) is 0 Å². The molecule has 0 aliphatic rings. The van der Waals surface area contributed by atoms with Crippen molar-refractivity contribution in [2.45, 2.75) is 39.7 Å². The number of carboxylic acids is 1. The van der Waals surface area contributed by atoms with Gasteiger partial charge in [0.15, 0.2) is 10.8 Å². The van der Waals surface area contributed by atoms with Crippen molar-refractivity contribution >= 4 is 23.2 Å². The number of aliphatic carboxylic acids is 1. The number of hydrogen-bond acceptors (Lipinski definition) is 5. The Hall–Kier alpha value is -2.15. The number of carbonyl (C=O) groups excluding carboxylic acids is 1. The number of furan rings is 1. The molecule has 2 rings (SSSR count). The van der Waals surface area contributed by atoms with Gasteiger partial charge < -0.3 is 14.4 Å². The molecule has 0 fully saturated rings. The number of carboxylic acid groups (broad SMARTS) is 1. The number of nitrogens with zero attached hydrogens (tertiary/aromatic N) is 2. The molecule has 7 heteroatoms. The zero-order valence-corrected chi connectivity index (χ0v) is 14.2. The largest absolute Gasteiger partial charge is 0.480 e. The Bertz CT molecular complexity index is 692. The van der Waals surface area contributed by atoms with E-state index in [0.29, 0.717) is 22.9 Å². The van der Waals surface area contributed by atoms with Crippen molar-refractivity contribution in [3.05, 3.63) is 29.0 Å². The summed E-state index contributed by atoms with van der Waals surface area (Å²) in [7, 11) is 0. The lowest BCUT2D eigenvalue weighted by Crippen LogP contribution is -2.42. The highest BCUT2D eigenvalue weighted by atomic mass is 32.1. The van der Waals surface area contributed by atoms with E-state index in [1.54, 1.807) is 5.38 Å². The number of rotatable bonds is 7. The zero-order valence-electron chi connectivity index (χ0n) is 13.4. The molecule has 2 aromatic rings. The molecule has 0 aliphatic heterocycles. The molecule has 1 N–H and O–H groups in total. The van der Waals surface area contributed by atoms with Gasteiger partial charge in [0.1, 0.15) is 12.3 Å². The minimum atomic E-state index is -1.01. The number of amides is 1. The molecule has 0 spiro atoms. The molecule has 1 unspecified atom stereocenters. The topological polar surface area (TPSA) is 83.6 Å². The van der Waals surface area contributed by atoms with Gasteiger partial charge in [-0.3, -0.25) is 9.59 Å². The van der Waals surface area contributed by atoms with Crippen LogP contribution in [0.2, 0.25) is 0 Å². The predicted molar refractivity (Wildman–Crippen MR) is 87.4 cm³/mol. The average Bonchev–Trinajstić information content (AvgIpc) is 3.12. The van der Waals surface area contributed by atoms with E-state index in [1.165, 1.54) is 16.2 Å². The van der Waals surface area contributed by atoms with Crippen LogP contribution in [0.25, 0.3) is 10.8 Å². The van der Waals surface area contributed by atoms with Gasteiger partial charge in [0, 0.05) is 11.4 Å². The minimum Gasteiger partial charge on any atom is -0.480 e. The second-order valence-corrected chi connectivity index (χ2v) is 6.26. The second kappa shape index (κ2) is 7.41. The van der Waals surface area contributed by atoms with Gasteiger partial charge in [-0.15, -0.1) is 11.3 Å². The summed E-state index contributed by atoms with van der Waals surface area (Å²) in [6.45, 7) is 5.34. The third-order valence-electron chi connectivity index (χ3n) is 3.58. The fourth-order valence-electron chi connectivity index (χ4n) is 2.16. The van der Waals surface area contributed by atoms with Gasteiger partial charge in [-0.1, -0.05) is 6.92 Å². The van der Waals surface area contributed by atoms with E-state index in [0.717, 1.165) is 5.76 Å². The lowest BCUT2D eigenvalue weighted by molar-refractivity contribution is -0.145. The molecular weight excluding hydrogens is 316 g/mol. The first-order valence-electron chi connectivity index (χ1n) is 7.43. The van der Waals surface area contributed by atoms with Crippen molar-refractivity contribution in [3.8, 4) is 10.8 Å². The maximum absolute atomic E-state index is 12.4. The third-order valence-corrected chi connectivity index (χ3v) is 4.49. The van der Waals surface area contributed by atoms with Gasteiger partial charge in [0.05, 0.1) is 12.1 Å². The van der Waals surface area contributed by atoms with Crippen LogP contribution < -0.4 is 0 Å². The van der Waals surface area contributed by atoms with Crippen LogP contribution in [0.1, 0.15) is 31.7 Å². The summed E-state index contributed by atoms with van der Waals surface area (Å²) in [4.78, 5) is 29.2. The average molecular weight is 336 g/mol. The molecule has 2 aromatic heterocycles. The molecule has 0 saturated heterocycles. The van der Waals surface area contributed by atoms with Crippen LogP contribution in [0.3, 0.4) is 0 Å². The number of carbonyl (C=O) groups is 2. The quantitative estimate of drug-likeness (QED) is 0.840. The fraction of sp³-hybridized carbons (Fsp3) is 0.438. The van der Waals surface area contributed by atoms with E-state index in [4.69, 9.17) is 9.52 Å². The zero-order chi connectivity index (χ0) is 17.0. The van der Waals surface area contributed by atoms with E-state index in [-0.39, 0.29) is 24.9 Å². The summed E-state index contributed by atoms with van der Waals surface area (Å²) in [5.74, 6) is 0.241. The molecule has 6 nitrogen and oxygen atoms in total. The Morgan fingerprint density at radius 3 is 2.74 bits per heavy atom. The first-order valence-corrected chi connectivity index (χ1v) is 8.31. The Morgan fingerprint density at radius 1 is 1.43 bits per heavy atom. The Kier molecular flexibility index (Phi) is 5.54. The standard InChI is InChI=1S/C16H20N2O4S/c1-4-10(2)18(8-15(20)21)14(19)7-12-9-23-16(17-12)13-6-5-11(3)22-13/h5-6,9-10H,4,7-8H2,1-3H3,(H,20,21). The highest BCUT2D eigenvalue weighted by Gasteiger charge is 2.22. The maximum Gasteiger partial charge on any atom is 0.323 e. The van der Waals surface area contributed by atoms with Crippen molar-refractivity contribution in [1.82, 2.24) is 9.88 Å². The van der Waals surface area contributed by atoms with Crippen molar-refractivity contribution < 1.29 is 19.1 Å². The molecule has 0 bridgehead atoms. The van der Waals surface area contributed by atoms with Gasteiger partial charge in [-0.25, -0.2) is 4.98 Å². The highest BCUT2D eigenvalue weighted by Crippen LogP contribution is 2.26. The van der Waals surface area contributed by atoms with Crippen LogP contribution in [0.5, 0.6) is 0 Å². The summed E-state index contributed by atoms with van der Waals surface area (Å²) in [5.41, 5.74) is 0.628. The Morgan fingerprint density at radius 2 is 2.17 bits per heavy atom. The molecule has 1 amide bonds. The van der Waals surface area contributed by atoms with E-state index in [2.05, 4.69) is 4.98 Å².